The van der Waals surface area contributed by atoms with Gasteiger partial charge in [-0.3, -0.25) is 0 Å². The van der Waals surface area contributed by atoms with E-state index in [-0.39, 0.29) is 0 Å². The first kappa shape index (κ1) is 10.4. The molecule has 0 saturated heterocycles. The summed E-state index contributed by atoms with van der Waals surface area (Å²) < 4.78 is 4.57. The maximum atomic E-state index is 4.57. The van der Waals surface area contributed by atoms with E-state index in [1.165, 1.54) is 0 Å². The Balaban J connectivity index is 0. The molecular weight excluding hydrogens is 128 g/mol. The smallest absolute Gasteiger partial charge is 0.0641 e. The van der Waals surface area contributed by atoms with E-state index in [2.05, 4.69) is 34.6 Å². The van der Waals surface area contributed by atoms with E-state index in [9.17, 15) is 0 Å². The summed E-state index contributed by atoms with van der Waals surface area (Å²) in [7, 11) is 1.64. The van der Waals surface area contributed by atoms with Crippen molar-refractivity contribution in [3.8, 4) is 0 Å². The Kier molecular flexibility index (Phi) is 24.0. The van der Waals surface area contributed by atoms with Gasteiger partial charge in [-0.2, -0.15) is 0 Å². The summed E-state index contributed by atoms with van der Waals surface area (Å²) in [6, 6.07) is 0. The zero-order valence-corrected chi connectivity index (χ0v) is 6.08. The molecule has 3 heteroatoms. The van der Waals surface area contributed by atoms with Crippen molar-refractivity contribution >= 4 is 23.3 Å². The van der Waals surface area contributed by atoms with Gasteiger partial charge in [0.2, 0.25) is 0 Å². The van der Waals surface area contributed by atoms with Crippen LogP contribution >= 0.6 is 23.3 Å². The molecule has 0 fully saturated rings. The Morgan fingerprint density at radius 2 is 2.14 bits per heavy atom. The Morgan fingerprint density at radius 1 is 1.71 bits per heavy atom. The molecule has 0 heterocycles. The highest BCUT2D eigenvalue weighted by Crippen LogP contribution is 1.65. The number of methoxy groups -OCH3 is 1. The second-order valence-corrected chi connectivity index (χ2v) is 0.744. The molecule has 0 aliphatic heterocycles. The van der Waals surface area contributed by atoms with Crippen LogP contribution < -0.4 is 0 Å². The molecule has 0 amide bonds. The van der Waals surface area contributed by atoms with Crippen molar-refractivity contribution < 1.29 is 4.74 Å². The fraction of sp³-hybridized carbons (Fsp3) is 0.500. The van der Waals surface area contributed by atoms with E-state index < -0.39 is 0 Å². The summed E-state index contributed by atoms with van der Waals surface area (Å²) in [5, 5.41) is 0. The van der Waals surface area contributed by atoms with Gasteiger partial charge in [0.1, 0.15) is 0 Å². The summed E-state index contributed by atoms with van der Waals surface area (Å²) >= 11 is 6.44. The first-order valence-electron chi connectivity index (χ1n) is 1.71. The lowest BCUT2D eigenvalue weighted by Crippen LogP contribution is -1.76. The zero-order chi connectivity index (χ0) is 6.12. The average molecular weight is 138 g/mol. The lowest BCUT2D eigenvalue weighted by atomic mass is 10.7. The molecule has 0 radical (unpaired) electrons. The fourth-order valence-electron chi connectivity index (χ4n) is 0.118. The maximum absolute atomic E-state index is 4.57. The van der Waals surface area contributed by atoms with Crippen molar-refractivity contribution in [2.24, 2.45) is 0 Å². The van der Waals surface area contributed by atoms with E-state index >= 15 is 0 Å². The summed E-state index contributed by atoms with van der Waals surface area (Å²) in [6.45, 7) is 4.08. The number of hydrogen-bond donors (Lipinski definition) is 2. The molecule has 0 unspecified atom stereocenters. The quantitative estimate of drug-likeness (QED) is 0.335. The predicted molar refractivity (Wildman–Crippen MR) is 40.0 cm³/mol. The molecule has 0 aromatic rings. The third kappa shape index (κ3) is 21.5. The van der Waals surface area contributed by atoms with Gasteiger partial charge in [0.15, 0.2) is 0 Å². The molecule has 0 spiro atoms. The second-order valence-electron chi connectivity index (χ2n) is 0.744. The van der Waals surface area contributed by atoms with Crippen LogP contribution in [0.25, 0.3) is 0 Å². The first-order valence-corrected chi connectivity index (χ1v) is 3.31. The van der Waals surface area contributed by atoms with E-state index in [0.717, 1.165) is 0 Å². The van der Waals surface area contributed by atoms with Crippen molar-refractivity contribution in [2.45, 2.75) is 0 Å². The molecule has 0 aromatic heterocycles. The van der Waals surface area contributed by atoms with Gasteiger partial charge in [-0.05, 0) is 0 Å². The third-order valence-corrected chi connectivity index (χ3v) is 0.285. The molecule has 0 saturated carbocycles. The van der Waals surface area contributed by atoms with Gasteiger partial charge >= 0.3 is 0 Å². The molecule has 7 heavy (non-hydrogen) atoms. The van der Waals surface area contributed by atoms with Gasteiger partial charge in [0.25, 0.3) is 0 Å². The number of hydrogen-bond acceptors (Lipinski definition) is 3. The van der Waals surface area contributed by atoms with Gasteiger partial charge in [-0.1, -0.05) is 6.08 Å². The first-order chi connectivity index (χ1) is 3.41. The van der Waals surface area contributed by atoms with Crippen LogP contribution in [0.4, 0.5) is 0 Å². The van der Waals surface area contributed by atoms with E-state index in [1.54, 1.807) is 13.2 Å². The minimum absolute atomic E-state index is 0.653. The molecule has 1 nitrogen and oxygen atoms in total. The van der Waals surface area contributed by atoms with E-state index in [0.29, 0.717) is 6.61 Å². The minimum Gasteiger partial charge on any atom is -0.381 e. The van der Waals surface area contributed by atoms with Crippen molar-refractivity contribution in [1.82, 2.24) is 0 Å². The molecule has 44 valence electrons. The van der Waals surface area contributed by atoms with Gasteiger partial charge in [-0.25, -0.2) is 0 Å². The molecule has 0 rings (SSSR count). The summed E-state index contributed by atoms with van der Waals surface area (Å²) in [6.07, 6.45) is 1.71. The van der Waals surface area contributed by atoms with Crippen molar-refractivity contribution in [1.29, 1.82) is 0 Å². The van der Waals surface area contributed by atoms with Gasteiger partial charge in [0.05, 0.1) is 6.61 Å². The SMILES string of the molecule is C=CCOC.SS. The van der Waals surface area contributed by atoms with Crippen molar-refractivity contribution in [2.75, 3.05) is 13.7 Å². The summed E-state index contributed by atoms with van der Waals surface area (Å²) in [4.78, 5) is 0. The largest absolute Gasteiger partial charge is 0.381 e. The highest BCUT2D eigenvalue weighted by Gasteiger charge is 1.58. The third-order valence-electron chi connectivity index (χ3n) is 0.285. The molecule has 0 aliphatic carbocycles. The van der Waals surface area contributed by atoms with Crippen LogP contribution in [-0.4, -0.2) is 13.7 Å². The van der Waals surface area contributed by atoms with Gasteiger partial charge in [0, 0.05) is 7.11 Å². The average Bonchev–Trinajstić information content (AvgIpc) is 1.75. The van der Waals surface area contributed by atoms with E-state index in [4.69, 9.17) is 0 Å². The fourth-order valence-corrected chi connectivity index (χ4v) is 0.118. The Bertz CT molecular complexity index is 30.9. The standard InChI is InChI=1S/C4H8O.H2S2/c1-3-4-5-2;1-2/h3H,1,4H2,2H3;1-2H. The topological polar surface area (TPSA) is 9.23 Å². The Labute approximate surface area is 55.0 Å². The summed E-state index contributed by atoms with van der Waals surface area (Å²) in [5.74, 6) is 0. The van der Waals surface area contributed by atoms with Crippen LogP contribution in [0.15, 0.2) is 12.7 Å². The highest BCUT2D eigenvalue weighted by atomic mass is 33.1. The zero-order valence-electron chi connectivity index (χ0n) is 4.29. The lowest BCUT2D eigenvalue weighted by Gasteiger charge is -1.79. The minimum atomic E-state index is 0.653. The van der Waals surface area contributed by atoms with Crippen LogP contribution in [0.2, 0.25) is 0 Å². The predicted octanol–water partition coefficient (Wildman–Crippen LogP) is 1.58. The molecular formula is C4H10OS2. The van der Waals surface area contributed by atoms with Crippen LogP contribution in [0.1, 0.15) is 0 Å². The number of ether oxygens (including phenoxy) is 1. The molecule has 0 aromatic carbocycles. The van der Waals surface area contributed by atoms with E-state index in [1.807, 2.05) is 0 Å². The number of rotatable bonds is 2. The van der Waals surface area contributed by atoms with Gasteiger partial charge < -0.3 is 4.74 Å². The monoisotopic (exact) mass is 138 g/mol. The van der Waals surface area contributed by atoms with Crippen LogP contribution in [-0.2, 0) is 4.74 Å². The molecule has 0 aliphatic rings. The van der Waals surface area contributed by atoms with Crippen molar-refractivity contribution in [3.63, 3.8) is 0 Å². The van der Waals surface area contributed by atoms with Crippen LogP contribution in [0.5, 0.6) is 0 Å². The molecule has 0 N–H and O–H groups in total. The second kappa shape index (κ2) is 16.1. The van der Waals surface area contributed by atoms with Crippen LogP contribution in [0.3, 0.4) is 0 Å². The highest BCUT2D eigenvalue weighted by molar-refractivity contribution is 8.59. The summed E-state index contributed by atoms with van der Waals surface area (Å²) in [5.41, 5.74) is 0. The van der Waals surface area contributed by atoms with Crippen LogP contribution in [0, 0.1) is 0 Å². The number of thiol groups is 2. The maximum Gasteiger partial charge on any atom is 0.0641 e. The van der Waals surface area contributed by atoms with Crippen molar-refractivity contribution in [3.05, 3.63) is 12.7 Å². The molecule has 0 atom stereocenters. The van der Waals surface area contributed by atoms with Gasteiger partial charge in [-0.15, -0.1) is 29.9 Å². The Hall–Kier alpha value is 0.400. The molecule has 0 bridgehead atoms. The Morgan fingerprint density at radius 3 is 2.14 bits per heavy atom. The normalized spacial score (nSPS) is 6.14. The lowest BCUT2D eigenvalue weighted by molar-refractivity contribution is 0.234.